The number of rotatable bonds is 0. The number of carbonyl (C=O) groups excluding carboxylic acids is 2. The predicted octanol–water partition coefficient (Wildman–Crippen LogP) is -0.155. The Kier molecular flexibility index (Phi) is 1.98. The standard InChI is InChI=1S/C8H7N3O2/c1-4-5(3-9)7(12)11(2)8(13)6(4)10/h10H,1-2H3. The van der Waals surface area contributed by atoms with E-state index in [9.17, 15) is 9.59 Å². The zero-order chi connectivity index (χ0) is 10.2. The molecule has 0 radical (unpaired) electrons. The number of carbonyl (C=O) groups is 2. The van der Waals surface area contributed by atoms with Gasteiger partial charge in [0.25, 0.3) is 11.8 Å². The first-order valence-corrected chi connectivity index (χ1v) is 3.53. The van der Waals surface area contributed by atoms with Gasteiger partial charge in [-0.15, -0.1) is 0 Å². The molecule has 1 heterocycles. The molecule has 0 spiro atoms. The summed E-state index contributed by atoms with van der Waals surface area (Å²) in [4.78, 5) is 23.2. The second-order valence-corrected chi connectivity index (χ2v) is 2.66. The molecule has 66 valence electrons. The third-order valence-corrected chi connectivity index (χ3v) is 1.90. The lowest BCUT2D eigenvalue weighted by Gasteiger charge is -2.21. The van der Waals surface area contributed by atoms with Crippen molar-refractivity contribution >= 4 is 17.5 Å². The highest BCUT2D eigenvalue weighted by Crippen LogP contribution is 2.15. The summed E-state index contributed by atoms with van der Waals surface area (Å²) in [5.41, 5.74) is -0.277. The first-order chi connectivity index (χ1) is 6.00. The van der Waals surface area contributed by atoms with Gasteiger partial charge >= 0.3 is 0 Å². The Morgan fingerprint density at radius 3 is 2.38 bits per heavy atom. The summed E-state index contributed by atoms with van der Waals surface area (Å²) in [6.07, 6.45) is 0. The Morgan fingerprint density at radius 1 is 1.38 bits per heavy atom. The van der Waals surface area contributed by atoms with Crippen molar-refractivity contribution in [1.82, 2.24) is 4.90 Å². The van der Waals surface area contributed by atoms with Gasteiger partial charge in [0.1, 0.15) is 17.4 Å². The number of nitrogens with one attached hydrogen (secondary N) is 1. The molecule has 0 aliphatic carbocycles. The Morgan fingerprint density at radius 2 is 1.92 bits per heavy atom. The van der Waals surface area contributed by atoms with E-state index in [1.54, 1.807) is 6.07 Å². The first-order valence-electron chi connectivity index (χ1n) is 3.53. The van der Waals surface area contributed by atoms with Gasteiger partial charge in [0, 0.05) is 12.6 Å². The Labute approximate surface area is 74.8 Å². The number of nitrogens with zero attached hydrogens (tertiary/aromatic N) is 2. The van der Waals surface area contributed by atoms with Crippen LogP contribution in [0.3, 0.4) is 0 Å². The highest BCUT2D eigenvalue weighted by Gasteiger charge is 2.32. The Balaban J connectivity index is 3.37. The van der Waals surface area contributed by atoms with Gasteiger partial charge in [0.2, 0.25) is 0 Å². The molecular formula is C8H7N3O2. The van der Waals surface area contributed by atoms with Crippen LogP contribution in [0.1, 0.15) is 6.92 Å². The molecule has 0 bridgehead atoms. The van der Waals surface area contributed by atoms with Gasteiger partial charge in [-0.2, -0.15) is 5.26 Å². The van der Waals surface area contributed by atoms with E-state index in [4.69, 9.17) is 10.7 Å². The van der Waals surface area contributed by atoms with E-state index in [1.807, 2.05) is 0 Å². The molecule has 2 amide bonds. The lowest BCUT2D eigenvalue weighted by molar-refractivity contribution is -0.136. The molecule has 0 aromatic heterocycles. The monoisotopic (exact) mass is 177 g/mol. The molecule has 1 aliphatic rings. The highest BCUT2D eigenvalue weighted by atomic mass is 16.2. The molecule has 5 heteroatoms. The Hall–Kier alpha value is -1.96. The zero-order valence-corrected chi connectivity index (χ0v) is 7.21. The van der Waals surface area contributed by atoms with Crippen LogP contribution >= 0.6 is 0 Å². The van der Waals surface area contributed by atoms with E-state index in [1.165, 1.54) is 14.0 Å². The minimum Gasteiger partial charge on any atom is -0.295 e. The van der Waals surface area contributed by atoms with E-state index in [2.05, 4.69) is 0 Å². The largest absolute Gasteiger partial charge is 0.295 e. The summed E-state index contributed by atoms with van der Waals surface area (Å²) in [5.74, 6) is -1.30. The van der Waals surface area contributed by atoms with E-state index < -0.39 is 11.8 Å². The minimum atomic E-state index is -0.665. The molecule has 13 heavy (non-hydrogen) atoms. The van der Waals surface area contributed by atoms with Crippen LogP contribution in [0.5, 0.6) is 0 Å². The van der Waals surface area contributed by atoms with Crippen molar-refractivity contribution in [1.29, 1.82) is 10.7 Å². The molecule has 0 atom stereocenters. The SMILES string of the molecule is CC1=C(C#N)C(=O)N(C)C(=O)C1=N. The van der Waals surface area contributed by atoms with Crippen LogP contribution in [0.4, 0.5) is 0 Å². The first kappa shape index (κ1) is 9.13. The molecule has 1 aliphatic heterocycles. The van der Waals surface area contributed by atoms with Crippen LogP contribution < -0.4 is 0 Å². The average molecular weight is 177 g/mol. The summed E-state index contributed by atoms with van der Waals surface area (Å²) in [5, 5.41) is 15.9. The van der Waals surface area contributed by atoms with Gasteiger partial charge in [-0.05, 0) is 6.92 Å². The lowest BCUT2D eigenvalue weighted by atomic mass is 10.00. The van der Waals surface area contributed by atoms with E-state index in [-0.39, 0.29) is 16.9 Å². The fraction of sp³-hybridized carbons (Fsp3) is 0.250. The van der Waals surface area contributed by atoms with Gasteiger partial charge in [-0.1, -0.05) is 0 Å². The third-order valence-electron chi connectivity index (χ3n) is 1.90. The summed E-state index contributed by atoms with van der Waals surface area (Å²) < 4.78 is 0. The van der Waals surface area contributed by atoms with E-state index >= 15 is 0 Å². The summed E-state index contributed by atoms with van der Waals surface area (Å²) in [6, 6.07) is 1.68. The highest BCUT2D eigenvalue weighted by molar-refractivity contribution is 6.49. The van der Waals surface area contributed by atoms with Crippen molar-refractivity contribution in [2.24, 2.45) is 0 Å². The van der Waals surface area contributed by atoms with Gasteiger partial charge in [0.15, 0.2) is 0 Å². The number of hydrogen-bond donors (Lipinski definition) is 1. The fourth-order valence-electron chi connectivity index (χ4n) is 1.01. The quantitative estimate of drug-likeness (QED) is 0.522. The molecule has 0 fully saturated rings. The summed E-state index contributed by atoms with van der Waals surface area (Å²) in [6.45, 7) is 1.42. The molecular weight excluding hydrogens is 170 g/mol. The number of nitriles is 1. The lowest BCUT2D eigenvalue weighted by Crippen LogP contribution is -2.43. The zero-order valence-electron chi connectivity index (χ0n) is 7.21. The van der Waals surface area contributed by atoms with E-state index in [0.29, 0.717) is 0 Å². The number of amides is 2. The predicted molar refractivity (Wildman–Crippen MR) is 43.8 cm³/mol. The van der Waals surface area contributed by atoms with Gasteiger partial charge in [0.05, 0.1) is 0 Å². The van der Waals surface area contributed by atoms with Crippen LogP contribution in [-0.2, 0) is 9.59 Å². The Bertz CT molecular complexity index is 387. The van der Waals surface area contributed by atoms with E-state index in [0.717, 1.165) is 4.90 Å². The molecule has 1 rings (SSSR count). The average Bonchev–Trinajstić information content (AvgIpc) is 2.13. The molecule has 0 unspecified atom stereocenters. The minimum absolute atomic E-state index is 0.132. The van der Waals surface area contributed by atoms with Gasteiger partial charge < -0.3 is 0 Å². The smallest absolute Gasteiger partial charge is 0.278 e. The molecule has 0 aromatic rings. The molecule has 1 N–H and O–H groups in total. The van der Waals surface area contributed by atoms with Gasteiger partial charge in [-0.3, -0.25) is 19.9 Å². The summed E-state index contributed by atoms with van der Waals surface area (Å²) in [7, 11) is 1.25. The second kappa shape index (κ2) is 2.83. The van der Waals surface area contributed by atoms with Crippen molar-refractivity contribution in [3.05, 3.63) is 11.1 Å². The molecule has 5 nitrogen and oxygen atoms in total. The number of likely N-dealkylation sites (N-methyl/N-ethyl adjacent to an activating group) is 1. The van der Waals surface area contributed by atoms with Crippen LogP contribution in [0.2, 0.25) is 0 Å². The van der Waals surface area contributed by atoms with Crippen molar-refractivity contribution in [2.75, 3.05) is 7.05 Å². The summed E-state index contributed by atoms with van der Waals surface area (Å²) >= 11 is 0. The fourth-order valence-corrected chi connectivity index (χ4v) is 1.01. The maximum absolute atomic E-state index is 11.3. The molecule has 0 saturated heterocycles. The maximum atomic E-state index is 11.3. The van der Waals surface area contributed by atoms with Crippen molar-refractivity contribution in [3.63, 3.8) is 0 Å². The van der Waals surface area contributed by atoms with Crippen LogP contribution in [-0.4, -0.2) is 29.5 Å². The van der Waals surface area contributed by atoms with Gasteiger partial charge in [-0.25, -0.2) is 0 Å². The van der Waals surface area contributed by atoms with Crippen molar-refractivity contribution in [2.45, 2.75) is 6.92 Å². The number of imide groups is 1. The maximum Gasteiger partial charge on any atom is 0.278 e. The van der Waals surface area contributed by atoms with Crippen molar-refractivity contribution in [3.8, 4) is 6.07 Å². The second-order valence-electron chi connectivity index (χ2n) is 2.66. The van der Waals surface area contributed by atoms with Crippen molar-refractivity contribution < 1.29 is 9.59 Å². The topological polar surface area (TPSA) is 85.0 Å². The third kappa shape index (κ3) is 1.12. The molecule has 0 saturated carbocycles. The molecule has 0 aromatic carbocycles. The van der Waals surface area contributed by atoms with Crippen LogP contribution in [0, 0.1) is 16.7 Å². The normalized spacial score (nSPS) is 17.9. The number of hydrogen-bond acceptors (Lipinski definition) is 4. The van der Waals surface area contributed by atoms with Crippen LogP contribution in [0.25, 0.3) is 0 Å². The van der Waals surface area contributed by atoms with Crippen LogP contribution in [0.15, 0.2) is 11.1 Å².